The standard InChI is InChI=1S/C15H19N3/c1-11(2)18-15(8-10-17-18)13-5-3-7-14-12(13)6-4-9-16-14/h3,5,7-8,10-11,16H,4,6,9H2,1-2H3. The number of nitrogens with one attached hydrogen (secondary N) is 1. The zero-order valence-corrected chi connectivity index (χ0v) is 11.0. The molecule has 2 aromatic rings. The molecule has 1 N–H and O–H groups in total. The van der Waals surface area contributed by atoms with E-state index in [1.165, 1.54) is 28.9 Å². The summed E-state index contributed by atoms with van der Waals surface area (Å²) in [5.41, 5.74) is 5.28. The van der Waals surface area contributed by atoms with Gasteiger partial charge in [-0.2, -0.15) is 5.10 Å². The summed E-state index contributed by atoms with van der Waals surface area (Å²) in [6.45, 7) is 5.42. The minimum Gasteiger partial charge on any atom is -0.385 e. The van der Waals surface area contributed by atoms with Crippen LogP contribution in [0.5, 0.6) is 0 Å². The second-order valence-electron chi connectivity index (χ2n) is 5.12. The van der Waals surface area contributed by atoms with E-state index in [9.17, 15) is 0 Å². The van der Waals surface area contributed by atoms with Crippen molar-refractivity contribution in [3.8, 4) is 11.3 Å². The van der Waals surface area contributed by atoms with Gasteiger partial charge >= 0.3 is 0 Å². The summed E-state index contributed by atoms with van der Waals surface area (Å²) in [5, 5.41) is 7.92. The van der Waals surface area contributed by atoms with Gasteiger partial charge in [0.15, 0.2) is 0 Å². The molecule has 1 aromatic carbocycles. The number of aromatic nitrogens is 2. The fraction of sp³-hybridized carbons (Fsp3) is 0.400. The summed E-state index contributed by atoms with van der Waals surface area (Å²) in [6.07, 6.45) is 4.26. The van der Waals surface area contributed by atoms with Crippen LogP contribution in [0, 0.1) is 0 Å². The Morgan fingerprint density at radius 1 is 1.28 bits per heavy atom. The number of rotatable bonds is 2. The molecule has 94 valence electrons. The Morgan fingerprint density at radius 3 is 3.00 bits per heavy atom. The molecule has 0 unspecified atom stereocenters. The SMILES string of the molecule is CC(C)n1nccc1-c1cccc2c1CCCN2. The largest absolute Gasteiger partial charge is 0.385 e. The predicted octanol–water partition coefficient (Wildman–Crippen LogP) is 3.49. The molecular formula is C15H19N3. The van der Waals surface area contributed by atoms with Crippen molar-refractivity contribution in [3.63, 3.8) is 0 Å². The maximum absolute atomic E-state index is 4.44. The normalized spacial score (nSPS) is 14.4. The van der Waals surface area contributed by atoms with E-state index in [0.29, 0.717) is 6.04 Å². The van der Waals surface area contributed by atoms with Crippen molar-refractivity contribution in [2.45, 2.75) is 32.7 Å². The predicted molar refractivity (Wildman–Crippen MR) is 74.9 cm³/mol. The third-order valence-corrected chi connectivity index (χ3v) is 3.53. The van der Waals surface area contributed by atoms with Crippen molar-refractivity contribution in [3.05, 3.63) is 36.0 Å². The van der Waals surface area contributed by atoms with E-state index < -0.39 is 0 Å². The van der Waals surface area contributed by atoms with Crippen molar-refractivity contribution in [2.75, 3.05) is 11.9 Å². The average Bonchev–Trinajstić information content (AvgIpc) is 2.87. The quantitative estimate of drug-likeness (QED) is 0.872. The molecule has 3 nitrogen and oxygen atoms in total. The fourth-order valence-electron chi connectivity index (χ4n) is 2.69. The number of anilines is 1. The molecular weight excluding hydrogens is 222 g/mol. The summed E-state index contributed by atoms with van der Waals surface area (Å²) >= 11 is 0. The average molecular weight is 241 g/mol. The third-order valence-electron chi connectivity index (χ3n) is 3.53. The minimum absolute atomic E-state index is 0.391. The van der Waals surface area contributed by atoms with Crippen LogP contribution in [0.25, 0.3) is 11.3 Å². The molecule has 1 aromatic heterocycles. The van der Waals surface area contributed by atoms with Gasteiger partial charge in [0.25, 0.3) is 0 Å². The van der Waals surface area contributed by atoms with E-state index in [2.05, 4.69) is 53.2 Å². The second kappa shape index (κ2) is 4.48. The maximum Gasteiger partial charge on any atom is 0.0688 e. The summed E-state index contributed by atoms with van der Waals surface area (Å²) in [5.74, 6) is 0. The van der Waals surface area contributed by atoms with Gasteiger partial charge in [0.05, 0.1) is 5.69 Å². The second-order valence-corrected chi connectivity index (χ2v) is 5.12. The van der Waals surface area contributed by atoms with Gasteiger partial charge in [-0.15, -0.1) is 0 Å². The number of hydrogen-bond donors (Lipinski definition) is 1. The van der Waals surface area contributed by atoms with E-state index in [-0.39, 0.29) is 0 Å². The summed E-state index contributed by atoms with van der Waals surface area (Å²) in [7, 11) is 0. The Morgan fingerprint density at radius 2 is 2.17 bits per heavy atom. The number of benzene rings is 1. The van der Waals surface area contributed by atoms with Crippen LogP contribution in [-0.2, 0) is 6.42 Å². The first-order chi connectivity index (χ1) is 8.77. The molecule has 0 amide bonds. The highest BCUT2D eigenvalue weighted by atomic mass is 15.3. The molecule has 3 rings (SSSR count). The highest BCUT2D eigenvalue weighted by molar-refractivity contribution is 5.72. The van der Waals surface area contributed by atoms with Crippen molar-refractivity contribution in [2.24, 2.45) is 0 Å². The van der Waals surface area contributed by atoms with Crippen molar-refractivity contribution in [1.29, 1.82) is 0 Å². The molecule has 1 aliphatic rings. The van der Waals surface area contributed by atoms with Crippen LogP contribution in [0.15, 0.2) is 30.5 Å². The third kappa shape index (κ3) is 1.80. The Bertz CT molecular complexity index is 555. The van der Waals surface area contributed by atoms with Crippen molar-refractivity contribution in [1.82, 2.24) is 9.78 Å². The zero-order chi connectivity index (χ0) is 12.5. The smallest absolute Gasteiger partial charge is 0.0688 e. The first kappa shape index (κ1) is 11.3. The van der Waals surface area contributed by atoms with E-state index in [0.717, 1.165) is 13.0 Å². The lowest BCUT2D eigenvalue weighted by Gasteiger charge is -2.22. The van der Waals surface area contributed by atoms with E-state index >= 15 is 0 Å². The molecule has 0 atom stereocenters. The fourth-order valence-corrected chi connectivity index (χ4v) is 2.69. The van der Waals surface area contributed by atoms with Crippen molar-refractivity contribution >= 4 is 5.69 Å². The lowest BCUT2D eigenvalue weighted by Crippen LogP contribution is -2.13. The Kier molecular flexibility index (Phi) is 2.82. The van der Waals surface area contributed by atoms with Crippen LogP contribution in [0.3, 0.4) is 0 Å². The monoisotopic (exact) mass is 241 g/mol. The van der Waals surface area contributed by atoms with E-state index in [4.69, 9.17) is 0 Å². The Labute approximate surface area is 108 Å². The van der Waals surface area contributed by atoms with Crippen molar-refractivity contribution < 1.29 is 0 Å². The summed E-state index contributed by atoms with van der Waals surface area (Å²) < 4.78 is 2.10. The van der Waals surface area contributed by atoms with Gasteiger partial charge in [0.1, 0.15) is 0 Å². The molecule has 0 saturated carbocycles. The highest BCUT2D eigenvalue weighted by Gasteiger charge is 2.16. The molecule has 0 bridgehead atoms. The Balaban J connectivity index is 2.14. The van der Waals surface area contributed by atoms with Gasteiger partial charge in [-0.3, -0.25) is 4.68 Å². The van der Waals surface area contributed by atoms with Crippen LogP contribution in [0.4, 0.5) is 5.69 Å². The molecule has 0 saturated heterocycles. The molecule has 3 heteroatoms. The molecule has 2 heterocycles. The Hall–Kier alpha value is -1.77. The van der Waals surface area contributed by atoms with Gasteiger partial charge in [0, 0.05) is 30.0 Å². The van der Waals surface area contributed by atoms with Crippen LogP contribution in [-0.4, -0.2) is 16.3 Å². The lowest BCUT2D eigenvalue weighted by molar-refractivity contribution is 0.538. The van der Waals surface area contributed by atoms with Crippen LogP contribution in [0.2, 0.25) is 0 Å². The highest BCUT2D eigenvalue weighted by Crippen LogP contribution is 2.33. The number of nitrogens with zero attached hydrogens (tertiary/aromatic N) is 2. The van der Waals surface area contributed by atoms with Crippen LogP contribution in [0.1, 0.15) is 31.9 Å². The summed E-state index contributed by atoms with van der Waals surface area (Å²) in [6, 6.07) is 9.02. The number of hydrogen-bond acceptors (Lipinski definition) is 2. The van der Waals surface area contributed by atoms with Gasteiger partial charge in [0.2, 0.25) is 0 Å². The van der Waals surface area contributed by atoms with Crippen LogP contribution >= 0.6 is 0 Å². The lowest BCUT2D eigenvalue weighted by atomic mass is 9.95. The minimum atomic E-state index is 0.391. The molecule has 0 aliphatic carbocycles. The van der Waals surface area contributed by atoms with Gasteiger partial charge < -0.3 is 5.32 Å². The van der Waals surface area contributed by atoms with Gasteiger partial charge in [-0.05, 0) is 44.4 Å². The molecule has 0 radical (unpaired) electrons. The number of fused-ring (bicyclic) bond motifs is 1. The molecule has 1 aliphatic heterocycles. The van der Waals surface area contributed by atoms with Gasteiger partial charge in [-0.1, -0.05) is 12.1 Å². The summed E-state index contributed by atoms with van der Waals surface area (Å²) in [4.78, 5) is 0. The molecule has 18 heavy (non-hydrogen) atoms. The first-order valence-corrected chi connectivity index (χ1v) is 6.67. The maximum atomic E-state index is 4.44. The van der Waals surface area contributed by atoms with E-state index in [1.807, 2.05) is 6.20 Å². The molecule has 0 spiro atoms. The van der Waals surface area contributed by atoms with Gasteiger partial charge in [-0.25, -0.2) is 0 Å². The van der Waals surface area contributed by atoms with Crippen LogP contribution < -0.4 is 5.32 Å². The van der Waals surface area contributed by atoms with E-state index in [1.54, 1.807) is 0 Å². The topological polar surface area (TPSA) is 29.9 Å². The first-order valence-electron chi connectivity index (χ1n) is 6.67. The molecule has 0 fully saturated rings. The zero-order valence-electron chi connectivity index (χ0n) is 11.0.